The number of carbonyl (C=O) groups is 3. The summed E-state index contributed by atoms with van der Waals surface area (Å²) >= 11 is 0. The first-order chi connectivity index (χ1) is 20.4. The van der Waals surface area contributed by atoms with Crippen molar-refractivity contribution in [2.45, 2.75) is 103 Å². The number of para-hydroxylation sites is 1. The Labute approximate surface area is 288 Å². The Bertz CT molecular complexity index is 966. The summed E-state index contributed by atoms with van der Waals surface area (Å²) in [5, 5.41) is 0. The molecule has 0 N–H and O–H groups in total. The van der Waals surface area contributed by atoms with Gasteiger partial charge >= 0.3 is 32.4 Å². The molecule has 0 aromatic heterocycles. The monoisotopic (exact) mass is 770 g/mol. The largest absolute Gasteiger partial charge is 2.00 e. The van der Waals surface area contributed by atoms with Gasteiger partial charge in [0.05, 0.1) is 26.1 Å². The van der Waals surface area contributed by atoms with E-state index in [0.717, 1.165) is 12.2 Å². The van der Waals surface area contributed by atoms with Crippen molar-refractivity contribution in [2.75, 3.05) is 20.3 Å². The molecule has 2 saturated carbocycles. The first-order valence-corrected chi connectivity index (χ1v) is 15.1. The van der Waals surface area contributed by atoms with Crippen LogP contribution in [0.5, 0.6) is 5.75 Å². The van der Waals surface area contributed by atoms with Gasteiger partial charge in [-0.05, 0) is 57.6 Å². The van der Waals surface area contributed by atoms with Gasteiger partial charge < -0.3 is 35.9 Å². The second-order valence-corrected chi connectivity index (χ2v) is 9.83. The van der Waals surface area contributed by atoms with Crippen molar-refractivity contribution in [2.24, 2.45) is 9.98 Å². The topological polar surface area (TPSA) is 113 Å². The van der Waals surface area contributed by atoms with Crippen molar-refractivity contribution in [3.8, 4) is 5.75 Å². The van der Waals surface area contributed by atoms with Crippen LogP contribution in [-0.4, -0.2) is 62.7 Å². The number of nitrogens with zero attached hydrogens (tertiary/aromatic N) is 2. The van der Waals surface area contributed by atoms with Gasteiger partial charge in [-0.1, -0.05) is 62.8 Å². The molecule has 0 spiro atoms. The van der Waals surface area contributed by atoms with E-state index >= 15 is 0 Å². The molecular formula is C33H49BrN2O7Pd. The van der Waals surface area contributed by atoms with E-state index in [-0.39, 0.29) is 43.4 Å². The van der Waals surface area contributed by atoms with Gasteiger partial charge in [0.15, 0.2) is 0 Å². The number of halogens is 1. The maximum atomic E-state index is 11.2. The number of hydrogen-bond acceptors (Lipinski definition) is 9. The summed E-state index contributed by atoms with van der Waals surface area (Å²) in [6.45, 7) is 6.69. The molecule has 0 saturated heterocycles. The minimum atomic E-state index is -0.535. The van der Waals surface area contributed by atoms with E-state index in [0.29, 0.717) is 37.5 Å². The van der Waals surface area contributed by atoms with Crippen LogP contribution in [-0.2, 0) is 55.4 Å². The molecule has 1 aromatic carbocycles. The van der Waals surface area contributed by atoms with Gasteiger partial charge in [0.2, 0.25) is 5.97 Å². The van der Waals surface area contributed by atoms with E-state index in [1.807, 2.05) is 24.6 Å². The zero-order valence-corrected chi connectivity index (χ0v) is 29.6. The van der Waals surface area contributed by atoms with Gasteiger partial charge in [-0.15, -0.1) is 6.61 Å². The number of esters is 3. The smallest absolute Gasteiger partial charge is 1.00 e. The second-order valence-electron chi connectivity index (χ2n) is 9.83. The number of allylic oxidation sites excluding steroid dienone is 1. The van der Waals surface area contributed by atoms with Crippen molar-refractivity contribution in [3.05, 3.63) is 48.6 Å². The third kappa shape index (κ3) is 23.0. The minimum Gasteiger partial charge on any atom is -1.00 e. The Kier molecular flexibility index (Phi) is 29.0. The van der Waals surface area contributed by atoms with Crippen LogP contribution in [0, 0.1) is 6.61 Å². The van der Waals surface area contributed by atoms with E-state index < -0.39 is 11.9 Å². The summed E-state index contributed by atoms with van der Waals surface area (Å²) in [7, 11) is 1.32. The van der Waals surface area contributed by atoms with Crippen LogP contribution in [0.3, 0.4) is 0 Å². The summed E-state index contributed by atoms with van der Waals surface area (Å²) in [5.74, 6) is -0.624. The van der Waals surface area contributed by atoms with Crippen LogP contribution in [0.25, 0.3) is 0 Å². The van der Waals surface area contributed by atoms with E-state index in [9.17, 15) is 14.4 Å². The SMILES string of the molecule is C(C=NC1CCCCC1)=NC1CCCCC1.CCOC(=O)[CH-]Oc1ccccc1C/C=C/C(=O)OC.CCOC(C)=O.[Br-].[Pd+2]. The molecule has 11 heteroatoms. The van der Waals surface area contributed by atoms with Crippen LogP contribution in [0.2, 0.25) is 0 Å². The second kappa shape index (κ2) is 29.2. The van der Waals surface area contributed by atoms with E-state index in [1.165, 1.54) is 84.3 Å². The van der Waals surface area contributed by atoms with Crippen LogP contribution in [0.15, 0.2) is 46.4 Å². The maximum absolute atomic E-state index is 11.2. The molecule has 3 rings (SSSR count). The van der Waals surface area contributed by atoms with Gasteiger partial charge in [0.25, 0.3) is 0 Å². The molecule has 2 fully saturated rings. The Balaban J connectivity index is 0. The number of carbonyl (C=O) groups excluding carboxylic acids is 3. The zero-order chi connectivity index (χ0) is 30.8. The third-order valence-corrected chi connectivity index (χ3v) is 6.49. The predicted octanol–water partition coefficient (Wildman–Crippen LogP) is 3.43. The van der Waals surface area contributed by atoms with Crippen LogP contribution in [0.1, 0.15) is 90.5 Å². The maximum Gasteiger partial charge on any atom is 2.00 e. The fraction of sp³-hybridized carbons (Fsp3) is 0.576. The van der Waals surface area contributed by atoms with Crippen LogP contribution in [0.4, 0.5) is 0 Å². The molecule has 0 aliphatic heterocycles. The molecular weight excluding hydrogens is 723 g/mol. The number of ether oxygens (including phenoxy) is 4. The summed E-state index contributed by atoms with van der Waals surface area (Å²) in [6.07, 6.45) is 20.8. The zero-order valence-electron chi connectivity index (χ0n) is 26.5. The Hall–Kier alpha value is -2.48. The minimum absolute atomic E-state index is 0. The summed E-state index contributed by atoms with van der Waals surface area (Å²) in [6, 6.07) is 8.39. The molecule has 9 nitrogen and oxygen atoms in total. The predicted molar refractivity (Wildman–Crippen MR) is 166 cm³/mol. The Morgan fingerprint density at radius 3 is 1.84 bits per heavy atom. The number of benzene rings is 1. The molecule has 0 atom stereocenters. The van der Waals surface area contributed by atoms with E-state index in [1.54, 1.807) is 32.1 Å². The van der Waals surface area contributed by atoms with Gasteiger partial charge in [-0.2, -0.15) is 0 Å². The summed E-state index contributed by atoms with van der Waals surface area (Å²) in [4.78, 5) is 41.2. The first kappa shape index (κ1) is 43.7. The number of hydrogen-bond donors (Lipinski definition) is 0. The molecule has 44 heavy (non-hydrogen) atoms. The standard InChI is InChI=1S/C15H17O5.C14H24N2.C4H8O2.BrH.Pd/c1-3-19-15(17)11-20-13-9-5-4-7-12(13)8-6-10-14(16)18-2;1-3-7-13(8-4-1)15-11-12-16-14-9-5-2-6-10-14;1-3-6-4(2)5;;/h4-7,9-11H,3,8H2,1-2H3;11-14H,1-10H2;3H2,1-2H3;1H;/q-1;;;;+2/p-1/b10-6+;;;;. The normalized spacial score (nSPS) is 15.0. The van der Waals surface area contributed by atoms with Gasteiger partial charge in [0.1, 0.15) is 0 Å². The fourth-order valence-corrected chi connectivity index (χ4v) is 4.41. The molecule has 2 aliphatic rings. The Morgan fingerprint density at radius 2 is 1.39 bits per heavy atom. The van der Waals surface area contributed by atoms with Crippen molar-refractivity contribution in [3.63, 3.8) is 0 Å². The van der Waals surface area contributed by atoms with Crippen molar-refractivity contribution >= 4 is 30.3 Å². The molecule has 0 radical (unpaired) electrons. The third-order valence-electron chi connectivity index (χ3n) is 6.49. The van der Waals surface area contributed by atoms with Crippen LogP contribution < -0.4 is 21.7 Å². The molecule has 250 valence electrons. The van der Waals surface area contributed by atoms with E-state index in [2.05, 4.69) is 19.5 Å². The Morgan fingerprint density at radius 1 is 0.864 bits per heavy atom. The van der Waals surface area contributed by atoms with Gasteiger partial charge in [-0.25, -0.2) is 4.79 Å². The average molecular weight is 772 g/mol. The summed E-state index contributed by atoms with van der Waals surface area (Å²) in [5.41, 5.74) is 0.841. The van der Waals surface area contributed by atoms with Crippen molar-refractivity contribution in [1.82, 2.24) is 0 Å². The number of methoxy groups -OCH3 is 1. The molecule has 0 bridgehead atoms. The number of rotatable bonds is 11. The average Bonchev–Trinajstić information content (AvgIpc) is 3.00. The molecule has 1 aromatic rings. The first-order valence-electron chi connectivity index (χ1n) is 15.1. The molecule has 0 heterocycles. The van der Waals surface area contributed by atoms with Gasteiger partial charge in [-0.3, -0.25) is 19.6 Å². The van der Waals surface area contributed by atoms with Crippen molar-refractivity contribution < 1.29 is 70.7 Å². The summed E-state index contributed by atoms with van der Waals surface area (Å²) < 4.78 is 18.9. The van der Waals surface area contributed by atoms with Crippen molar-refractivity contribution in [1.29, 1.82) is 0 Å². The fourth-order valence-electron chi connectivity index (χ4n) is 4.41. The molecule has 0 amide bonds. The van der Waals surface area contributed by atoms with E-state index in [4.69, 9.17) is 9.47 Å². The van der Waals surface area contributed by atoms with Gasteiger partial charge in [0, 0.05) is 37.5 Å². The quantitative estimate of drug-likeness (QED) is 0.0847. The molecule has 2 aliphatic carbocycles. The van der Waals surface area contributed by atoms with Crippen LogP contribution >= 0.6 is 0 Å². The number of aliphatic imine (C=N–C) groups is 2. The molecule has 0 unspecified atom stereocenters.